The van der Waals surface area contributed by atoms with Gasteiger partial charge in [0, 0.05) is 26.7 Å². The van der Waals surface area contributed by atoms with Gasteiger partial charge in [-0.3, -0.25) is 9.79 Å². The van der Waals surface area contributed by atoms with Gasteiger partial charge in [0.15, 0.2) is 0 Å². The SMILES string of the molecule is CCNCCC1(C(=NC)NN(C)CO)C(CC)=C(CCC=C(C)C)CCc2cc(C(=O)NC)ccc21. The molecule has 0 heterocycles. The molecule has 200 valence electrons. The number of hydrazine groups is 1. The summed E-state index contributed by atoms with van der Waals surface area (Å²) in [7, 11) is 5.31. The Bertz CT molecular complexity index is 978. The standard InChI is InChI=1S/C29H47N5O2/c1-8-25-22(12-10-11-21(3)4)13-14-23-19-24(27(36)30-5)15-16-26(23)29(25,17-18-32-9-2)28(31-6)33-34(7)20-35/h11,15-16,19,32,35H,8-10,12-14,17-18,20H2,1-7H3,(H,30,36)(H,31,33). The second-order valence-corrected chi connectivity index (χ2v) is 9.74. The Hall–Kier alpha value is -2.48. The van der Waals surface area contributed by atoms with Crippen LogP contribution in [0, 0.1) is 0 Å². The van der Waals surface area contributed by atoms with Crippen molar-refractivity contribution >= 4 is 11.7 Å². The first-order valence-corrected chi connectivity index (χ1v) is 13.3. The number of carbonyl (C=O) groups is 1. The number of aryl methyl sites for hydroxylation is 1. The fourth-order valence-corrected chi connectivity index (χ4v) is 5.45. The molecule has 0 spiro atoms. The van der Waals surface area contributed by atoms with Gasteiger partial charge in [0.05, 0.1) is 5.41 Å². The summed E-state index contributed by atoms with van der Waals surface area (Å²) in [5.41, 5.74) is 10.2. The highest BCUT2D eigenvalue weighted by atomic mass is 16.3. The quantitative estimate of drug-likeness (QED) is 0.0872. The van der Waals surface area contributed by atoms with Crippen molar-refractivity contribution < 1.29 is 9.90 Å². The highest BCUT2D eigenvalue weighted by molar-refractivity contribution is 5.98. The van der Waals surface area contributed by atoms with Crippen molar-refractivity contribution in [3.05, 3.63) is 57.7 Å². The van der Waals surface area contributed by atoms with Crippen LogP contribution in [-0.4, -0.2) is 62.8 Å². The highest BCUT2D eigenvalue weighted by Crippen LogP contribution is 2.46. The molecule has 1 aromatic rings. The lowest BCUT2D eigenvalue weighted by molar-refractivity contribution is 0.0963. The first-order valence-electron chi connectivity index (χ1n) is 13.3. The molecule has 0 aliphatic heterocycles. The molecule has 2 rings (SSSR count). The first-order chi connectivity index (χ1) is 17.3. The van der Waals surface area contributed by atoms with Gasteiger partial charge in [0.1, 0.15) is 12.6 Å². The summed E-state index contributed by atoms with van der Waals surface area (Å²) in [6.07, 6.45) is 7.88. The van der Waals surface area contributed by atoms with Crippen LogP contribution in [0.4, 0.5) is 0 Å². The molecule has 1 unspecified atom stereocenters. The van der Waals surface area contributed by atoms with Crippen molar-refractivity contribution in [2.75, 3.05) is 41.0 Å². The third-order valence-corrected chi connectivity index (χ3v) is 7.11. The Labute approximate surface area is 218 Å². The molecule has 7 heteroatoms. The van der Waals surface area contributed by atoms with Crippen LogP contribution in [-0.2, 0) is 11.8 Å². The predicted molar refractivity (Wildman–Crippen MR) is 150 cm³/mol. The summed E-state index contributed by atoms with van der Waals surface area (Å²) < 4.78 is 0. The van der Waals surface area contributed by atoms with Gasteiger partial charge in [-0.25, -0.2) is 5.01 Å². The van der Waals surface area contributed by atoms with E-state index >= 15 is 0 Å². The molecule has 36 heavy (non-hydrogen) atoms. The monoisotopic (exact) mass is 497 g/mol. The van der Waals surface area contributed by atoms with E-state index in [9.17, 15) is 9.90 Å². The molecule has 0 bridgehead atoms. The molecule has 0 aromatic heterocycles. The maximum atomic E-state index is 12.5. The van der Waals surface area contributed by atoms with Gasteiger partial charge in [-0.15, -0.1) is 0 Å². The molecule has 0 radical (unpaired) electrons. The highest BCUT2D eigenvalue weighted by Gasteiger charge is 2.44. The normalized spacial score (nSPS) is 18.1. The van der Waals surface area contributed by atoms with E-state index in [4.69, 9.17) is 4.99 Å². The number of amides is 1. The molecule has 1 atom stereocenters. The van der Waals surface area contributed by atoms with Crippen molar-refractivity contribution in [1.82, 2.24) is 21.1 Å². The number of nitrogens with one attached hydrogen (secondary N) is 3. The second kappa shape index (κ2) is 14.3. The number of carbonyl (C=O) groups excluding carboxylic acids is 1. The van der Waals surface area contributed by atoms with Crippen LogP contribution in [0.3, 0.4) is 0 Å². The van der Waals surface area contributed by atoms with Crippen molar-refractivity contribution in [3.63, 3.8) is 0 Å². The van der Waals surface area contributed by atoms with E-state index in [1.165, 1.54) is 27.8 Å². The lowest BCUT2D eigenvalue weighted by Crippen LogP contribution is -2.53. The second-order valence-electron chi connectivity index (χ2n) is 9.74. The fraction of sp³-hybridized carbons (Fsp3) is 0.586. The number of hydrogen-bond donors (Lipinski definition) is 4. The molecule has 1 aliphatic rings. The van der Waals surface area contributed by atoms with Crippen LogP contribution < -0.4 is 16.1 Å². The van der Waals surface area contributed by atoms with Crippen molar-refractivity contribution in [2.24, 2.45) is 4.99 Å². The Morgan fingerprint density at radius 1 is 1.25 bits per heavy atom. The third-order valence-electron chi connectivity index (χ3n) is 7.11. The number of amidine groups is 1. The number of fused-ring (bicyclic) bond motifs is 1. The molecule has 7 nitrogen and oxygen atoms in total. The molecule has 1 amide bonds. The van der Waals surface area contributed by atoms with Gasteiger partial charge < -0.3 is 21.2 Å². The van der Waals surface area contributed by atoms with Crippen LogP contribution in [0.25, 0.3) is 0 Å². The summed E-state index contributed by atoms with van der Waals surface area (Å²) >= 11 is 0. The maximum Gasteiger partial charge on any atom is 0.251 e. The first kappa shape index (κ1) is 29.7. The van der Waals surface area contributed by atoms with Crippen LogP contribution in [0.1, 0.15) is 81.3 Å². The van der Waals surface area contributed by atoms with E-state index < -0.39 is 5.41 Å². The number of aliphatic hydroxyl groups excluding tert-OH is 1. The average molecular weight is 498 g/mol. The lowest BCUT2D eigenvalue weighted by atomic mass is 9.67. The van der Waals surface area contributed by atoms with E-state index in [1.54, 1.807) is 12.1 Å². The van der Waals surface area contributed by atoms with Gasteiger partial charge in [-0.2, -0.15) is 0 Å². The average Bonchev–Trinajstić information content (AvgIpc) is 3.00. The van der Waals surface area contributed by atoms with E-state index in [2.05, 4.69) is 62.0 Å². The van der Waals surface area contributed by atoms with Gasteiger partial charge in [-0.05, 0) is 88.7 Å². The largest absolute Gasteiger partial charge is 0.379 e. The van der Waals surface area contributed by atoms with Crippen LogP contribution in [0.5, 0.6) is 0 Å². The molecule has 0 saturated heterocycles. The minimum atomic E-state index is -0.498. The van der Waals surface area contributed by atoms with Crippen molar-refractivity contribution in [3.8, 4) is 0 Å². The van der Waals surface area contributed by atoms with Crippen LogP contribution in [0.2, 0.25) is 0 Å². The topological polar surface area (TPSA) is 89.0 Å². The summed E-state index contributed by atoms with van der Waals surface area (Å²) in [6, 6.07) is 6.13. The number of aliphatic imine (C=N–C) groups is 1. The minimum absolute atomic E-state index is 0.0738. The van der Waals surface area contributed by atoms with Gasteiger partial charge in [-0.1, -0.05) is 42.7 Å². The van der Waals surface area contributed by atoms with Gasteiger partial charge >= 0.3 is 0 Å². The van der Waals surface area contributed by atoms with Crippen molar-refractivity contribution in [1.29, 1.82) is 0 Å². The maximum absolute atomic E-state index is 12.5. The molecule has 0 saturated carbocycles. The van der Waals surface area contributed by atoms with E-state index in [0.717, 1.165) is 57.5 Å². The Kier molecular flexibility index (Phi) is 11.8. The smallest absolute Gasteiger partial charge is 0.251 e. The van der Waals surface area contributed by atoms with E-state index in [0.29, 0.717) is 5.56 Å². The number of allylic oxidation sites excluding steroid dienone is 3. The zero-order valence-electron chi connectivity index (χ0n) is 23.4. The number of aliphatic hydroxyl groups is 1. The fourth-order valence-electron chi connectivity index (χ4n) is 5.45. The number of nitrogens with zero attached hydrogens (tertiary/aromatic N) is 2. The molecule has 1 aromatic carbocycles. The number of benzene rings is 1. The molecule has 1 aliphatic carbocycles. The van der Waals surface area contributed by atoms with Crippen LogP contribution >= 0.6 is 0 Å². The van der Waals surface area contributed by atoms with E-state index in [-0.39, 0.29) is 12.6 Å². The predicted octanol–water partition coefficient (Wildman–Crippen LogP) is 4.10. The summed E-state index contributed by atoms with van der Waals surface area (Å²) in [5, 5.41) is 17.8. The Morgan fingerprint density at radius 2 is 2.00 bits per heavy atom. The molecular weight excluding hydrogens is 450 g/mol. The number of rotatable bonds is 12. The van der Waals surface area contributed by atoms with Crippen molar-refractivity contribution in [2.45, 2.75) is 71.6 Å². The molecule has 4 N–H and O–H groups in total. The zero-order chi connectivity index (χ0) is 26.7. The van der Waals surface area contributed by atoms with Crippen LogP contribution in [0.15, 0.2) is 46.0 Å². The lowest BCUT2D eigenvalue weighted by Gasteiger charge is -2.41. The Morgan fingerprint density at radius 3 is 2.58 bits per heavy atom. The number of hydrogen-bond acceptors (Lipinski definition) is 5. The summed E-state index contributed by atoms with van der Waals surface area (Å²) in [6.45, 7) is 10.2. The zero-order valence-corrected chi connectivity index (χ0v) is 23.4. The Balaban J connectivity index is 2.85. The third kappa shape index (κ3) is 6.84. The van der Waals surface area contributed by atoms with Gasteiger partial charge in [0.25, 0.3) is 5.91 Å². The van der Waals surface area contributed by atoms with Gasteiger partial charge in [0.2, 0.25) is 0 Å². The summed E-state index contributed by atoms with van der Waals surface area (Å²) in [4.78, 5) is 17.3. The molecule has 0 fully saturated rings. The minimum Gasteiger partial charge on any atom is -0.379 e. The van der Waals surface area contributed by atoms with E-state index in [1.807, 2.05) is 20.2 Å². The summed E-state index contributed by atoms with van der Waals surface area (Å²) in [5.74, 6) is 0.750. The molecular formula is C29H47N5O2.